The third-order valence-corrected chi connectivity index (χ3v) is 4.75. The Morgan fingerprint density at radius 1 is 1.31 bits per heavy atom. The van der Waals surface area contributed by atoms with Crippen LogP contribution in [0.15, 0.2) is 6.33 Å². The molecule has 0 saturated heterocycles. The molecule has 0 aliphatic rings. The molecule has 3 atom stereocenters. The second kappa shape index (κ2) is 12.4. The van der Waals surface area contributed by atoms with Gasteiger partial charge in [0.05, 0.1) is 6.61 Å². The molecule has 0 aliphatic carbocycles. The van der Waals surface area contributed by atoms with Crippen LogP contribution < -0.4 is 22.1 Å². The fourth-order valence-corrected chi connectivity index (χ4v) is 3.13. The summed E-state index contributed by atoms with van der Waals surface area (Å²) in [6.45, 7) is 4.49. The average Bonchev–Trinajstić information content (AvgIpc) is 2.67. The minimum Gasteiger partial charge on any atom is -0.480 e. The first-order chi connectivity index (χ1) is 13.7. The summed E-state index contributed by atoms with van der Waals surface area (Å²) in [6.07, 6.45) is 2.11. The van der Waals surface area contributed by atoms with Gasteiger partial charge in [0.1, 0.15) is 24.3 Å². The molecule has 3 unspecified atom stereocenters. The van der Waals surface area contributed by atoms with Crippen molar-refractivity contribution in [2.75, 3.05) is 56.8 Å². The number of carboxylic acids is 1. The molecule has 29 heavy (non-hydrogen) atoms. The van der Waals surface area contributed by atoms with Crippen LogP contribution in [0.25, 0.3) is 0 Å². The molecule has 1 heterocycles. The van der Waals surface area contributed by atoms with E-state index in [2.05, 4.69) is 21.8 Å². The Morgan fingerprint density at radius 2 is 2.00 bits per heavy atom. The summed E-state index contributed by atoms with van der Waals surface area (Å²) >= 11 is 0. The first kappa shape index (κ1) is 24.8. The van der Waals surface area contributed by atoms with Crippen LogP contribution in [0.3, 0.4) is 0 Å². The van der Waals surface area contributed by atoms with Gasteiger partial charge < -0.3 is 42.0 Å². The number of methoxy groups -OCH3 is 1. The fraction of sp³-hybridized carbons (Fsp3) is 0.722. The van der Waals surface area contributed by atoms with Gasteiger partial charge in [-0.15, -0.1) is 0 Å². The lowest BCUT2D eigenvalue weighted by molar-refractivity contribution is -0.138. The number of aromatic nitrogens is 2. The maximum Gasteiger partial charge on any atom is 0.320 e. The average molecular weight is 414 g/mol. The van der Waals surface area contributed by atoms with E-state index in [0.717, 1.165) is 13.0 Å². The Labute approximate surface area is 171 Å². The highest BCUT2D eigenvalue weighted by Crippen LogP contribution is 2.25. The monoisotopic (exact) mass is 413 g/mol. The normalized spacial score (nSPS) is 14.6. The second-order valence-electron chi connectivity index (χ2n) is 7.18. The van der Waals surface area contributed by atoms with Crippen LogP contribution in [-0.4, -0.2) is 83.7 Å². The molecular formula is C18H35N7O4. The van der Waals surface area contributed by atoms with Crippen LogP contribution in [0, 0.1) is 5.92 Å². The van der Waals surface area contributed by atoms with Gasteiger partial charge in [-0.1, -0.05) is 6.92 Å². The maximum absolute atomic E-state index is 11.0. The largest absolute Gasteiger partial charge is 0.480 e. The highest BCUT2D eigenvalue weighted by Gasteiger charge is 2.24. The predicted molar refractivity (Wildman–Crippen MR) is 112 cm³/mol. The van der Waals surface area contributed by atoms with Crippen LogP contribution in [0.4, 0.5) is 17.3 Å². The molecule has 11 nitrogen and oxygen atoms in total. The molecule has 1 aromatic heterocycles. The smallest absolute Gasteiger partial charge is 0.320 e. The molecule has 0 aromatic carbocycles. The number of aliphatic hydroxyl groups is 1. The molecule has 0 fully saturated rings. The molecule has 166 valence electrons. The zero-order chi connectivity index (χ0) is 22.0. The van der Waals surface area contributed by atoms with E-state index in [4.69, 9.17) is 27.0 Å². The molecule has 0 bridgehead atoms. The lowest BCUT2D eigenvalue weighted by atomic mass is 10.0. The number of aliphatic carboxylic acids is 1. The van der Waals surface area contributed by atoms with Crippen molar-refractivity contribution in [1.29, 1.82) is 0 Å². The number of nitrogens with zero attached hydrogens (tertiary/aromatic N) is 4. The lowest BCUT2D eigenvalue weighted by Gasteiger charge is -2.32. The molecule has 0 saturated carbocycles. The van der Waals surface area contributed by atoms with Gasteiger partial charge in [-0.25, -0.2) is 9.97 Å². The number of carboxylic acid groups (broad SMARTS) is 1. The highest BCUT2D eigenvalue weighted by molar-refractivity contribution is 5.73. The third kappa shape index (κ3) is 7.97. The SMILES string of the molecule is CCCN(CCC(N)C(=O)O)CC(COC)CC(O)N(C)c1ncnc(N)c1N. The van der Waals surface area contributed by atoms with Crippen molar-refractivity contribution >= 4 is 23.3 Å². The summed E-state index contributed by atoms with van der Waals surface area (Å²) in [5, 5.41) is 19.7. The van der Waals surface area contributed by atoms with E-state index in [1.807, 2.05) is 0 Å². The summed E-state index contributed by atoms with van der Waals surface area (Å²) in [4.78, 5) is 22.6. The van der Waals surface area contributed by atoms with Gasteiger partial charge in [0.15, 0.2) is 11.6 Å². The molecule has 0 radical (unpaired) electrons. The van der Waals surface area contributed by atoms with Crippen molar-refractivity contribution in [2.24, 2.45) is 11.7 Å². The first-order valence-electron chi connectivity index (χ1n) is 9.67. The van der Waals surface area contributed by atoms with Crippen molar-refractivity contribution in [1.82, 2.24) is 14.9 Å². The van der Waals surface area contributed by atoms with E-state index in [-0.39, 0.29) is 17.4 Å². The molecule has 1 rings (SSSR count). The Balaban J connectivity index is 2.78. The summed E-state index contributed by atoms with van der Waals surface area (Å²) in [5.41, 5.74) is 17.5. The summed E-state index contributed by atoms with van der Waals surface area (Å²) in [7, 11) is 3.29. The van der Waals surface area contributed by atoms with Gasteiger partial charge in [0.25, 0.3) is 0 Å². The number of hydrogen-bond acceptors (Lipinski definition) is 10. The van der Waals surface area contributed by atoms with Gasteiger partial charge in [0, 0.05) is 27.2 Å². The Hall–Kier alpha value is -2.21. The number of nitrogen functional groups attached to an aromatic ring is 2. The van der Waals surface area contributed by atoms with Crippen LogP contribution in [0.5, 0.6) is 0 Å². The van der Waals surface area contributed by atoms with Crippen LogP contribution >= 0.6 is 0 Å². The molecule has 0 spiro atoms. The molecule has 0 aliphatic heterocycles. The molecule has 0 amide bonds. The Kier molecular flexibility index (Phi) is 10.6. The van der Waals surface area contributed by atoms with Crippen LogP contribution in [0.2, 0.25) is 0 Å². The number of ether oxygens (including phenoxy) is 1. The Morgan fingerprint density at radius 3 is 2.59 bits per heavy atom. The number of aliphatic hydroxyl groups excluding tert-OH is 1. The number of nitrogens with two attached hydrogens (primary N) is 3. The lowest BCUT2D eigenvalue weighted by Crippen LogP contribution is -2.41. The number of carbonyl (C=O) groups is 1. The van der Waals surface area contributed by atoms with E-state index in [9.17, 15) is 9.90 Å². The topological polar surface area (TPSA) is 177 Å². The van der Waals surface area contributed by atoms with E-state index in [0.29, 0.717) is 38.4 Å². The minimum absolute atomic E-state index is 0.00506. The molecule has 11 heteroatoms. The van der Waals surface area contributed by atoms with Crippen molar-refractivity contribution in [3.63, 3.8) is 0 Å². The third-order valence-electron chi connectivity index (χ3n) is 4.75. The highest BCUT2D eigenvalue weighted by atomic mass is 16.5. The number of hydrogen-bond donors (Lipinski definition) is 5. The first-order valence-corrected chi connectivity index (χ1v) is 9.67. The summed E-state index contributed by atoms with van der Waals surface area (Å²) in [6, 6.07) is -0.891. The van der Waals surface area contributed by atoms with Crippen LogP contribution in [0.1, 0.15) is 26.2 Å². The van der Waals surface area contributed by atoms with Crippen molar-refractivity contribution < 1.29 is 19.7 Å². The van der Waals surface area contributed by atoms with Gasteiger partial charge in [-0.2, -0.15) is 0 Å². The molecular weight excluding hydrogens is 378 g/mol. The van der Waals surface area contributed by atoms with Gasteiger partial charge in [-0.3, -0.25) is 4.79 Å². The minimum atomic E-state index is -1.01. The second-order valence-corrected chi connectivity index (χ2v) is 7.18. The van der Waals surface area contributed by atoms with E-state index in [1.54, 1.807) is 19.1 Å². The quantitative estimate of drug-likeness (QED) is 0.250. The van der Waals surface area contributed by atoms with Crippen molar-refractivity contribution in [3.8, 4) is 0 Å². The number of rotatable bonds is 14. The molecule has 1 aromatic rings. The van der Waals surface area contributed by atoms with Crippen molar-refractivity contribution in [2.45, 2.75) is 38.5 Å². The summed E-state index contributed by atoms with van der Waals surface area (Å²) in [5.74, 6) is -0.482. The standard InChI is InChI=1S/C18H35N7O4/c1-4-6-25(7-5-13(19)18(27)28)9-12(10-29-3)8-14(26)24(2)17-15(20)16(21)22-11-23-17/h11-14,26H,4-10,19-20H2,1-3H3,(H,27,28)(H2,21,22,23). The van der Waals surface area contributed by atoms with E-state index < -0.39 is 18.2 Å². The predicted octanol–water partition coefficient (Wildman–Crippen LogP) is -0.438. The Bertz CT molecular complexity index is 634. The van der Waals surface area contributed by atoms with Gasteiger partial charge >= 0.3 is 5.97 Å². The zero-order valence-electron chi connectivity index (χ0n) is 17.5. The van der Waals surface area contributed by atoms with E-state index in [1.165, 1.54) is 6.33 Å². The van der Waals surface area contributed by atoms with Gasteiger partial charge in [0.2, 0.25) is 0 Å². The number of anilines is 3. The maximum atomic E-state index is 11.0. The van der Waals surface area contributed by atoms with Crippen LogP contribution in [-0.2, 0) is 9.53 Å². The zero-order valence-corrected chi connectivity index (χ0v) is 17.5. The van der Waals surface area contributed by atoms with E-state index >= 15 is 0 Å². The van der Waals surface area contributed by atoms with Crippen molar-refractivity contribution in [3.05, 3.63) is 6.33 Å². The summed E-state index contributed by atoms with van der Waals surface area (Å²) < 4.78 is 5.33. The van der Waals surface area contributed by atoms with Gasteiger partial charge in [-0.05, 0) is 31.7 Å². The molecule has 8 N–H and O–H groups in total. The fourth-order valence-electron chi connectivity index (χ4n) is 3.13.